The summed E-state index contributed by atoms with van der Waals surface area (Å²) in [7, 11) is 0. The van der Waals surface area contributed by atoms with Gasteiger partial charge >= 0.3 is 0 Å². The van der Waals surface area contributed by atoms with Crippen LogP contribution in [0, 0.1) is 18.3 Å². The summed E-state index contributed by atoms with van der Waals surface area (Å²) in [5.74, 6) is 0.579. The van der Waals surface area contributed by atoms with E-state index in [9.17, 15) is 10.1 Å². The Balaban J connectivity index is 2.31. The minimum absolute atomic E-state index is 0.0188. The van der Waals surface area contributed by atoms with Crippen molar-refractivity contribution in [1.29, 1.82) is 5.26 Å². The molecule has 0 aliphatic heterocycles. The van der Waals surface area contributed by atoms with Gasteiger partial charge in [0, 0.05) is 5.69 Å². The summed E-state index contributed by atoms with van der Waals surface area (Å²) in [6, 6.07) is 12.8. The van der Waals surface area contributed by atoms with E-state index >= 15 is 0 Å². The molecule has 28 heavy (non-hydrogen) atoms. The largest absolute Gasteiger partial charge is 0.490 e. The lowest BCUT2D eigenvalue weighted by Gasteiger charge is -2.14. The Morgan fingerprint density at radius 3 is 2.61 bits per heavy atom. The number of aryl methyl sites for hydroxylation is 1. The third kappa shape index (κ3) is 5.73. The number of benzene rings is 2. The number of halogens is 1. The van der Waals surface area contributed by atoms with E-state index < -0.39 is 5.91 Å². The highest BCUT2D eigenvalue weighted by Crippen LogP contribution is 2.37. The van der Waals surface area contributed by atoms with Crippen LogP contribution in [0.15, 0.2) is 59.1 Å². The number of amides is 1. The summed E-state index contributed by atoms with van der Waals surface area (Å²) >= 11 is 3.46. The van der Waals surface area contributed by atoms with Crippen LogP contribution in [0.4, 0.5) is 5.69 Å². The van der Waals surface area contributed by atoms with E-state index in [0.29, 0.717) is 40.4 Å². The Morgan fingerprint density at radius 2 is 2.00 bits per heavy atom. The SMILES string of the molecule is C=CCOc1c(Br)cc(/C=C(/C#N)C(=O)Nc2ccc(C)cc2)cc1OCC. The molecule has 0 aliphatic rings. The van der Waals surface area contributed by atoms with Crippen molar-refractivity contribution in [2.75, 3.05) is 18.5 Å². The summed E-state index contributed by atoms with van der Waals surface area (Å²) in [6.07, 6.45) is 3.15. The molecule has 6 heteroatoms. The Hall–Kier alpha value is -3.04. The third-order valence-electron chi connectivity index (χ3n) is 3.66. The quantitative estimate of drug-likeness (QED) is 0.344. The van der Waals surface area contributed by atoms with Gasteiger partial charge in [0.1, 0.15) is 18.2 Å². The second kappa shape index (κ2) is 10.3. The fourth-order valence-corrected chi connectivity index (χ4v) is 2.94. The summed E-state index contributed by atoms with van der Waals surface area (Å²) in [5, 5.41) is 12.2. The van der Waals surface area contributed by atoms with Gasteiger partial charge in [0.2, 0.25) is 0 Å². The highest BCUT2D eigenvalue weighted by Gasteiger charge is 2.14. The topological polar surface area (TPSA) is 71.3 Å². The highest BCUT2D eigenvalue weighted by molar-refractivity contribution is 9.10. The van der Waals surface area contributed by atoms with Crippen molar-refractivity contribution < 1.29 is 14.3 Å². The average molecular weight is 441 g/mol. The Bertz CT molecular complexity index is 928. The first-order valence-corrected chi connectivity index (χ1v) is 9.47. The van der Waals surface area contributed by atoms with Crippen molar-refractivity contribution in [1.82, 2.24) is 0 Å². The lowest BCUT2D eigenvalue weighted by atomic mass is 10.1. The van der Waals surface area contributed by atoms with E-state index in [-0.39, 0.29) is 5.57 Å². The number of hydrogen-bond acceptors (Lipinski definition) is 4. The number of carbonyl (C=O) groups is 1. The molecule has 0 aliphatic carbocycles. The number of hydrogen-bond donors (Lipinski definition) is 1. The molecule has 0 saturated carbocycles. The maximum atomic E-state index is 12.5. The molecule has 0 aromatic heterocycles. The second-order valence-electron chi connectivity index (χ2n) is 5.85. The van der Waals surface area contributed by atoms with Gasteiger partial charge in [-0.1, -0.05) is 30.4 Å². The summed E-state index contributed by atoms with van der Waals surface area (Å²) in [6.45, 7) is 8.24. The molecule has 1 N–H and O–H groups in total. The zero-order valence-corrected chi connectivity index (χ0v) is 17.4. The van der Waals surface area contributed by atoms with Crippen LogP contribution < -0.4 is 14.8 Å². The van der Waals surface area contributed by atoms with E-state index in [1.54, 1.807) is 30.3 Å². The standard InChI is InChI=1S/C22H21BrN2O3/c1-4-10-28-21-19(23)12-16(13-20(21)27-5-2)11-17(14-24)22(26)25-18-8-6-15(3)7-9-18/h4,6-9,11-13H,1,5,10H2,2-3H3,(H,25,26)/b17-11-. The van der Waals surface area contributed by atoms with E-state index in [2.05, 4.69) is 27.8 Å². The van der Waals surface area contributed by atoms with Gasteiger partial charge in [-0.2, -0.15) is 5.26 Å². The normalized spacial score (nSPS) is 10.7. The maximum Gasteiger partial charge on any atom is 0.266 e. The van der Waals surface area contributed by atoms with Crippen LogP contribution in [0.5, 0.6) is 11.5 Å². The Kier molecular flexibility index (Phi) is 7.85. The molecule has 0 spiro atoms. The monoisotopic (exact) mass is 440 g/mol. The number of anilines is 1. The molecule has 0 heterocycles. The molecular weight excluding hydrogens is 420 g/mol. The van der Waals surface area contributed by atoms with Crippen LogP contribution in [0.2, 0.25) is 0 Å². The third-order valence-corrected chi connectivity index (χ3v) is 4.25. The molecule has 0 atom stereocenters. The fourth-order valence-electron chi connectivity index (χ4n) is 2.37. The first-order chi connectivity index (χ1) is 13.5. The molecule has 0 saturated heterocycles. The van der Waals surface area contributed by atoms with Gasteiger partial charge in [0.05, 0.1) is 11.1 Å². The number of nitriles is 1. The molecule has 2 aromatic rings. The van der Waals surface area contributed by atoms with Gasteiger partial charge in [0.15, 0.2) is 11.5 Å². The number of nitrogens with one attached hydrogen (secondary N) is 1. The van der Waals surface area contributed by atoms with Crippen LogP contribution >= 0.6 is 15.9 Å². The lowest BCUT2D eigenvalue weighted by molar-refractivity contribution is -0.112. The number of carbonyl (C=O) groups excluding carboxylic acids is 1. The lowest BCUT2D eigenvalue weighted by Crippen LogP contribution is -2.13. The zero-order valence-electron chi connectivity index (χ0n) is 15.8. The molecular formula is C22H21BrN2O3. The summed E-state index contributed by atoms with van der Waals surface area (Å²) in [4.78, 5) is 12.5. The highest BCUT2D eigenvalue weighted by atomic mass is 79.9. The number of nitrogens with zero attached hydrogens (tertiary/aromatic N) is 1. The predicted molar refractivity (Wildman–Crippen MR) is 114 cm³/mol. The van der Waals surface area contributed by atoms with Crippen molar-refractivity contribution in [3.8, 4) is 17.6 Å². The summed E-state index contributed by atoms with van der Waals surface area (Å²) in [5.41, 5.74) is 2.33. The van der Waals surface area contributed by atoms with Crippen LogP contribution in [0.25, 0.3) is 6.08 Å². The summed E-state index contributed by atoms with van der Waals surface area (Å²) < 4.78 is 11.9. The van der Waals surface area contributed by atoms with Gasteiger partial charge < -0.3 is 14.8 Å². The fraction of sp³-hybridized carbons (Fsp3) is 0.182. The molecule has 2 aromatic carbocycles. The van der Waals surface area contributed by atoms with Crippen LogP contribution in [0.1, 0.15) is 18.1 Å². The van der Waals surface area contributed by atoms with Crippen molar-refractivity contribution in [3.05, 3.63) is 70.2 Å². The molecule has 2 rings (SSSR count). The van der Waals surface area contributed by atoms with Gasteiger partial charge in [-0.3, -0.25) is 4.79 Å². The number of rotatable bonds is 8. The van der Waals surface area contributed by atoms with Gasteiger partial charge in [-0.05, 0) is 65.7 Å². The van der Waals surface area contributed by atoms with Gasteiger partial charge in [-0.25, -0.2) is 0 Å². The van der Waals surface area contributed by atoms with Crippen molar-refractivity contribution in [2.24, 2.45) is 0 Å². The van der Waals surface area contributed by atoms with E-state index in [4.69, 9.17) is 9.47 Å². The zero-order chi connectivity index (χ0) is 20.5. The smallest absolute Gasteiger partial charge is 0.266 e. The van der Waals surface area contributed by atoms with Crippen LogP contribution in [0.3, 0.4) is 0 Å². The Morgan fingerprint density at radius 1 is 1.29 bits per heavy atom. The van der Waals surface area contributed by atoms with E-state index in [1.165, 1.54) is 6.08 Å². The van der Waals surface area contributed by atoms with Crippen molar-refractivity contribution in [3.63, 3.8) is 0 Å². The van der Waals surface area contributed by atoms with Gasteiger partial charge in [-0.15, -0.1) is 0 Å². The molecule has 0 fully saturated rings. The first kappa shape index (κ1) is 21.3. The molecule has 144 valence electrons. The maximum absolute atomic E-state index is 12.5. The molecule has 0 unspecified atom stereocenters. The number of ether oxygens (including phenoxy) is 2. The Labute approximate surface area is 173 Å². The first-order valence-electron chi connectivity index (χ1n) is 8.68. The second-order valence-corrected chi connectivity index (χ2v) is 6.71. The van der Waals surface area contributed by atoms with E-state index in [0.717, 1.165) is 5.56 Å². The molecule has 1 amide bonds. The van der Waals surface area contributed by atoms with Crippen molar-refractivity contribution >= 4 is 33.6 Å². The van der Waals surface area contributed by atoms with Crippen LogP contribution in [-0.4, -0.2) is 19.1 Å². The minimum Gasteiger partial charge on any atom is -0.490 e. The van der Waals surface area contributed by atoms with Crippen LogP contribution in [-0.2, 0) is 4.79 Å². The van der Waals surface area contributed by atoms with Crippen molar-refractivity contribution in [2.45, 2.75) is 13.8 Å². The van der Waals surface area contributed by atoms with E-state index in [1.807, 2.05) is 32.0 Å². The molecule has 0 radical (unpaired) electrons. The predicted octanol–water partition coefficient (Wildman–Crippen LogP) is 5.27. The minimum atomic E-state index is -0.479. The van der Waals surface area contributed by atoms with Gasteiger partial charge in [0.25, 0.3) is 5.91 Å². The molecule has 0 bridgehead atoms. The average Bonchev–Trinajstić information content (AvgIpc) is 2.67. The molecule has 5 nitrogen and oxygen atoms in total.